The normalized spacial score (nSPS) is 24.6. The van der Waals surface area contributed by atoms with E-state index >= 15 is 0 Å². The molecule has 7 heteroatoms. The van der Waals surface area contributed by atoms with Crippen LogP contribution in [0.5, 0.6) is 0 Å². The Morgan fingerprint density at radius 3 is 2.19 bits per heavy atom. The highest BCUT2D eigenvalue weighted by Gasteiger charge is 2.34. The Labute approximate surface area is 156 Å². The molecule has 0 aromatic rings. The Hall–Kier alpha value is -1.63. The van der Waals surface area contributed by atoms with E-state index in [9.17, 15) is 19.6 Å². The third-order valence-electron chi connectivity index (χ3n) is 4.84. The number of carbonyl (C=O) groups excluding carboxylic acids is 3. The lowest BCUT2D eigenvalue weighted by Crippen LogP contribution is -2.55. The van der Waals surface area contributed by atoms with E-state index in [4.69, 9.17) is 0 Å². The standard InChI is InChI=1S/C19H35N3O4/c1-19(2,3)16-18(25)20-12-10-8-6-4-5-7-9-11-15(17(24)21-16)13-22(26)14-23/h14-16,26H,4-13H2,1-3H3,(H,20,25)(H,21,24)/t15?,16-/m0/s1. The molecule has 1 unspecified atom stereocenters. The summed E-state index contributed by atoms with van der Waals surface area (Å²) in [5.74, 6) is -1.01. The minimum Gasteiger partial charge on any atom is -0.354 e. The number of rotatable bonds is 3. The average molecular weight is 370 g/mol. The van der Waals surface area contributed by atoms with Crippen molar-refractivity contribution in [2.24, 2.45) is 11.3 Å². The van der Waals surface area contributed by atoms with Gasteiger partial charge in [0, 0.05) is 6.54 Å². The summed E-state index contributed by atoms with van der Waals surface area (Å²) in [7, 11) is 0. The van der Waals surface area contributed by atoms with Crippen molar-refractivity contribution in [3.8, 4) is 0 Å². The molecule has 7 nitrogen and oxygen atoms in total. The summed E-state index contributed by atoms with van der Waals surface area (Å²) in [6.45, 7) is 6.27. The number of nitrogens with one attached hydrogen (secondary N) is 2. The van der Waals surface area contributed by atoms with E-state index in [1.165, 1.54) is 0 Å². The van der Waals surface area contributed by atoms with Gasteiger partial charge in [-0.05, 0) is 18.3 Å². The first kappa shape index (κ1) is 22.4. The van der Waals surface area contributed by atoms with Gasteiger partial charge in [-0.3, -0.25) is 19.6 Å². The summed E-state index contributed by atoms with van der Waals surface area (Å²) in [5, 5.41) is 15.8. The molecule has 3 amide bonds. The second kappa shape index (κ2) is 11.2. The molecular formula is C19H35N3O4. The summed E-state index contributed by atoms with van der Waals surface area (Å²) >= 11 is 0. The molecular weight excluding hydrogens is 334 g/mol. The molecule has 0 bridgehead atoms. The Morgan fingerprint density at radius 1 is 1.04 bits per heavy atom. The summed E-state index contributed by atoms with van der Waals surface area (Å²) in [4.78, 5) is 36.1. The highest BCUT2D eigenvalue weighted by molar-refractivity contribution is 5.89. The van der Waals surface area contributed by atoms with Crippen molar-refractivity contribution < 1.29 is 19.6 Å². The van der Waals surface area contributed by atoms with Crippen LogP contribution in [0, 0.1) is 11.3 Å². The van der Waals surface area contributed by atoms with Crippen LogP contribution in [0.15, 0.2) is 0 Å². The van der Waals surface area contributed by atoms with E-state index in [0.717, 1.165) is 44.9 Å². The summed E-state index contributed by atoms with van der Waals surface area (Å²) in [6, 6.07) is -0.661. The molecule has 2 atom stereocenters. The maximum Gasteiger partial charge on any atom is 0.243 e. The van der Waals surface area contributed by atoms with Crippen molar-refractivity contribution in [1.29, 1.82) is 0 Å². The van der Waals surface area contributed by atoms with Gasteiger partial charge in [0.05, 0.1) is 12.5 Å². The number of carbonyl (C=O) groups is 3. The summed E-state index contributed by atoms with van der Waals surface area (Å²) < 4.78 is 0. The van der Waals surface area contributed by atoms with Crippen molar-refractivity contribution in [2.45, 2.75) is 78.2 Å². The maximum absolute atomic E-state index is 12.8. The number of nitrogens with zero attached hydrogens (tertiary/aromatic N) is 1. The monoisotopic (exact) mass is 369 g/mol. The van der Waals surface area contributed by atoms with Gasteiger partial charge in [-0.1, -0.05) is 59.3 Å². The number of amides is 3. The third-order valence-corrected chi connectivity index (χ3v) is 4.84. The highest BCUT2D eigenvalue weighted by Crippen LogP contribution is 2.21. The van der Waals surface area contributed by atoms with Gasteiger partial charge in [0.2, 0.25) is 18.2 Å². The Bertz CT molecular complexity index is 462. The van der Waals surface area contributed by atoms with Gasteiger partial charge >= 0.3 is 0 Å². The lowest BCUT2D eigenvalue weighted by Gasteiger charge is -2.32. The number of hydrogen-bond acceptors (Lipinski definition) is 4. The van der Waals surface area contributed by atoms with Crippen LogP contribution in [-0.2, 0) is 14.4 Å². The van der Waals surface area contributed by atoms with Gasteiger partial charge in [-0.25, -0.2) is 5.06 Å². The molecule has 0 radical (unpaired) electrons. The van der Waals surface area contributed by atoms with Crippen LogP contribution in [-0.4, -0.2) is 47.6 Å². The molecule has 1 heterocycles. The van der Waals surface area contributed by atoms with Crippen LogP contribution in [0.3, 0.4) is 0 Å². The Balaban J connectivity index is 2.90. The molecule has 1 fully saturated rings. The molecule has 150 valence electrons. The first-order chi connectivity index (χ1) is 12.3. The largest absolute Gasteiger partial charge is 0.354 e. The molecule has 1 aliphatic heterocycles. The lowest BCUT2D eigenvalue weighted by molar-refractivity contribution is -0.155. The van der Waals surface area contributed by atoms with Crippen LogP contribution < -0.4 is 10.6 Å². The van der Waals surface area contributed by atoms with Crippen LogP contribution in [0.25, 0.3) is 0 Å². The van der Waals surface area contributed by atoms with E-state index in [1.807, 2.05) is 20.8 Å². The minimum absolute atomic E-state index is 0.0617. The minimum atomic E-state index is -0.661. The fourth-order valence-corrected chi connectivity index (χ4v) is 3.22. The fourth-order valence-electron chi connectivity index (χ4n) is 3.22. The van der Waals surface area contributed by atoms with E-state index < -0.39 is 17.4 Å². The molecule has 1 saturated heterocycles. The predicted octanol–water partition coefficient (Wildman–Crippen LogP) is 2.23. The summed E-state index contributed by atoms with van der Waals surface area (Å²) in [5.41, 5.74) is -0.443. The van der Waals surface area contributed by atoms with Crippen molar-refractivity contribution >= 4 is 18.2 Å². The molecule has 26 heavy (non-hydrogen) atoms. The van der Waals surface area contributed by atoms with Crippen LogP contribution in [0.1, 0.15) is 72.1 Å². The van der Waals surface area contributed by atoms with Crippen LogP contribution >= 0.6 is 0 Å². The summed E-state index contributed by atoms with van der Waals surface area (Å²) in [6.07, 6.45) is 8.21. The average Bonchev–Trinajstić information content (AvgIpc) is 2.58. The van der Waals surface area contributed by atoms with Crippen molar-refractivity contribution in [3.05, 3.63) is 0 Å². The van der Waals surface area contributed by atoms with Crippen molar-refractivity contribution in [3.63, 3.8) is 0 Å². The zero-order chi connectivity index (χ0) is 19.6. The van der Waals surface area contributed by atoms with Crippen LogP contribution in [0.4, 0.5) is 0 Å². The second-order valence-corrected chi connectivity index (χ2v) is 8.29. The third kappa shape index (κ3) is 8.17. The fraction of sp³-hybridized carbons (Fsp3) is 0.842. The second-order valence-electron chi connectivity index (χ2n) is 8.29. The van der Waals surface area contributed by atoms with Gasteiger partial charge in [0.1, 0.15) is 6.04 Å². The first-order valence-corrected chi connectivity index (χ1v) is 9.74. The zero-order valence-corrected chi connectivity index (χ0v) is 16.4. The Kier molecular flexibility index (Phi) is 9.62. The molecule has 0 aromatic carbocycles. The van der Waals surface area contributed by atoms with E-state index in [-0.39, 0.29) is 18.4 Å². The van der Waals surface area contributed by atoms with Gasteiger partial charge in [0.15, 0.2) is 0 Å². The lowest BCUT2D eigenvalue weighted by atomic mass is 9.85. The molecule has 0 aromatic heterocycles. The van der Waals surface area contributed by atoms with Gasteiger partial charge in [0.25, 0.3) is 0 Å². The molecule has 3 N–H and O–H groups in total. The quantitative estimate of drug-likeness (QED) is 0.404. The van der Waals surface area contributed by atoms with Gasteiger partial charge in [-0.15, -0.1) is 0 Å². The van der Waals surface area contributed by atoms with Crippen molar-refractivity contribution in [1.82, 2.24) is 15.7 Å². The van der Waals surface area contributed by atoms with Crippen molar-refractivity contribution in [2.75, 3.05) is 13.1 Å². The van der Waals surface area contributed by atoms with E-state index in [1.54, 1.807) is 0 Å². The smallest absolute Gasteiger partial charge is 0.243 e. The van der Waals surface area contributed by atoms with Crippen LogP contribution in [0.2, 0.25) is 0 Å². The first-order valence-electron chi connectivity index (χ1n) is 9.74. The topological polar surface area (TPSA) is 98.7 Å². The zero-order valence-electron chi connectivity index (χ0n) is 16.4. The van der Waals surface area contributed by atoms with E-state index in [2.05, 4.69) is 10.6 Å². The number of hydroxylamine groups is 2. The highest BCUT2D eigenvalue weighted by atomic mass is 16.5. The molecule has 1 rings (SSSR count). The predicted molar refractivity (Wildman–Crippen MR) is 99.4 cm³/mol. The SMILES string of the molecule is CC(C)(C)[C@H]1NC(=O)C(CN(O)C=O)CCCCCCCCCNC1=O. The maximum atomic E-state index is 12.8. The van der Waals surface area contributed by atoms with Gasteiger partial charge < -0.3 is 10.6 Å². The van der Waals surface area contributed by atoms with E-state index in [0.29, 0.717) is 24.4 Å². The number of hydrogen-bond donors (Lipinski definition) is 3. The molecule has 0 aliphatic carbocycles. The Morgan fingerprint density at radius 2 is 1.62 bits per heavy atom. The molecule has 0 saturated carbocycles. The molecule has 0 spiro atoms. The van der Waals surface area contributed by atoms with Gasteiger partial charge in [-0.2, -0.15) is 0 Å². The molecule has 1 aliphatic rings.